The highest BCUT2D eigenvalue weighted by molar-refractivity contribution is 8.15. The summed E-state index contributed by atoms with van der Waals surface area (Å²) in [6.45, 7) is 1.10. The van der Waals surface area contributed by atoms with Crippen LogP contribution in [0.15, 0.2) is 16.3 Å². The maximum atomic E-state index is 11.8. The van der Waals surface area contributed by atoms with Crippen LogP contribution in [0, 0.1) is 0 Å². The van der Waals surface area contributed by atoms with Crippen molar-refractivity contribution in [1.82, 2.24) is 5.32 Å². The van der Waals surface area contributed by atoms with Gasteiger partial charge in [0.1, 0.15) is 10.3 Å². The first-order valence-electron chi connectivity index (χ1n) is 6.39. The molecule has 0 spiro atoms. The molecule has 1 unspecified atom stereocenters. The van der Waals surface area contributed by atoms with Crippen molar-refractivity contribution in [1.29, 1.82) is 0 Å². The number of rotatable bonds is 5. The zero-order valence-corrected chi connectivity index (χ0v) is 13.2. The van der Waals surface area contributed by atoms with Crippen molar-refractivity contribution in [2.24, 2.45) is 0 Å². The molecule has 0 saturated carbocycles. The lowest BCUT2D eigenvalue weighted by molar-refractivity contribution is -0.135. The molecule has 0 aromatic carbocycles. The van der Waals surface area contributed by atoms with E-state index >= 15 is 0 Å². The van der Waals surface area contributed by atoms with Crippen molar-refractivity contribution in [2.75, 3.05) is 13.2 Å². The normalized spacial score (nSPS) is 19.8. The number of amides is 1. The van der Waals surface area contributed by atoms with Crippen LogP contribution < -0.4 is 5.32 Å². The van der Waals surface area contributed by atoms with Gasteiger partial charge < -0.3 is 10.1 Å². The molecule has 8 heteroatoms. The Morgan fingerprint density at radius 1 is 1.45 bits per heavy atom. The van der Waals surface area contributed by atoms with Gasteiger partial charge in [0.15, 0.2) is 0 Å². The van der Waals surface area contributed by atoms with Gasteiger partial charge in [-0.3, -0.25) is 4.79 Å². The van der Waals surface area contributed by atoms with Gasteiger partial charge in [-0.1, -0.05) is 0 Å². The molecule has 112 valence electrons. The monoisotopic (exact) mass is 337 g/mol. The summed E-state index contributed by atoms with van der Waals surface area (Å²) >= 11 is 1.12. The Labute approximate surface area is 126 Å². The first-order valence-corrected chi connectivity index (χ1v) is 9.52. The summed E-state index contributed by atoms with van der Waals surface area (Å²) in [5.74, 6) is -0.0913. The highest BCUT2D eigenvalue weighted by Crippen LogP contribution is 2.24. The maximum Gasteiger partial charge on any atom is 0.270 e. The minimum Gasteiger partial charge on any atom is -0.368 e. The van der Waals surface area contributed by atoms with Crippen LogP contribution >= 0.6 is 22.0 Å². The lowest BCUT2D eigenvalue weighted by Gasteiger charge is -2.21. The van der Waals surface area contributed by atoms with Crippen molar-refractivity contribution in [3.05, 3.63) is 17.0 Å². The predicted octanol–water partition coefficient (Wildman–Crippen LogP) is 1.90. The number of carbonyl (C=O) groups excluding carboxylic acids is 1. The first-order chi connectivity index (χ1) is 9.47. The molecule has 5 nitrogen and oxygen atoms in total. The molecule has 1 aliphatic heterocycles. The second kappa shape index (κ2) is 6.89. The summed E-state index contributed by atoms with van der Waals surface area (Å²) in [7, 11) is 1.60. The van der Waals surface area contributed by atoms with Crippen molar-refractivity contribution in [3.8, 4) is 0 Å². The molecule has 1 aliphatic rings. The van der Waals surface area contributed by atoms with Crippen LogP contribution in [0.5, 0.6) is 0 Å². The van der Waals surface area contributed by atoms with Gasteiger partial charge in [0.25, 0.3) is 9.05 Å². The van der Waals surface area contributed by atoms with E-state index < -0.39 is 9.05 Å². The Bertz CT molecular complexity index is 564. The van der Waals surface area contributed by atoms with Crippen LogP contribution in [0.2, 0.25) is 0 Å². The Hall–Kier alpha value is -0.630. The number of ether oxygens (including phenoxy) is 1. The molecule has 1 aromatic rings. The van der Waals surface area contributed by atoms with E-state index in [4.69, 9.17) is 15.4 Å². The van der Waals surface area contributed by atoms with E-state index in [1.165, 1.54) is 6.07 Å². The van der Waals surface area contributed by atoms with E-state index in [0.29, 0.717) is 19.6 Å². The molecular formula is C12H16ClNO4S2. The van der Waals surface area contributed by atoms with E-state index in [1.807, 2.05) is 0 Å². The summed E-state index contributed by atoms with van der Waals surface area (Å²) in [5, 5.41) is 2.81. The Morgan fingerprint density at radius 2 is 2.25 bits per heavy atom. The molecule has 1 amide bonds. The first kappa shape index (κ1) is 15.8. The van der Waals surface area contributed by atoms with Gasteiger partial charge >= 0.3 is 0 Å². The minimum atomic E-state index is -3.66. The molecule has 1 atom stereocenters. The summed E-state index contributed by atoms with van der Waals surface area (Å²) in [4.78, 5) is 12.7. The van der Waals surface area contributed by atoms with Crippen molar-refractivity contribution < 1.29 is 17.9 Å². The zero-order valence-electron chi connectivity index (χ0n) is 10.8. The van der Waals surface area contributed by atoms with E-state index in [9.17, 15) is 13.2 Å². The van der Waals surface area contributed by atoms with E-state index in [0.717, 1.165) is 35.5 Å². The quantitative estimate of drug-likeness (QED) is 0.833. The average Bonchev–Trinajstić information content (AvgIpc) is 2.88. The van der Waals surface area contributed by atoms with Crippen molar-refractivity contribution in [3.63, 3.8) is 0 Å². The van der Waals surface area contributed by atoms with Gasteiger partial charge in [0, 0.05) is 28.7 Å². The van der Waals surface area contributed by atoms with Crippen LogP contribution in [0.3, 0.4) is 0 Å². The third-order valence-corrected chi connectivity index (χ3v) is 6.26. The van der Waals surface area contributed by atoms with Crippen molar-refractivity contribution >= 4 is 37.0 Å². The standard InChI is InChI=1S/C12H16ClNO4S2/c13-20(16,17)11-5-4-9(19-11)6-7-14-12(15)10-3-1-2-8-18-10/h4-5,10H,1-3,6-8H2,(H,14,15). The zero-order chi connectivity index (χ0) is 14.6. The molecule has 1 saturated heterocycles. The van der Waals surface area contributed by atoms with Gasteiger partial charge in [-0.15, -0.1) is 11.3 Å². The molecule has 2 heterocycles. The second-order valence-corrected chi connectivity index (χ2v) is 8.52. The summed E-state index contributed by atoms with van der Waals surface area (Å²) in [6, 6.07) is 3.19. The number of hydrogen-bond acceptors (Lipinski definition) is 5. The fourth-order valence-electron chi connectivity index (χ4n) is 1.99. The molecule has 0 radical (unpaired) electrons. The van der Waals surface area contributed by atoms with Crippen LogP contribution in [-0.4, -0.2) is 33.6 Å². The molecule has 0 bridgehead atoms. The summed E-state index contributed by atoms with van der Waals surface area (Å²) in [6.07, 6.45) is 3.02. The molecule has 1 fully saturated rings. The number of hydrogen-bond donors (Lipinski definition) is 1. The Kier molecular flexibility index (Phi) is 5.42. The van der Waals surface area contributed by atoms with E-state index in [-0.39, 0.29) is 16.2 Å². The molecule has 1 aromatic heterocycles. The third-order valence-electron chi connectivity index (χ3n) is 3.02. The number of thiophene rings is 1. The van der Waals surface area contributed by atoms with Crippen molar-refractivity contribution in [2.45, 2.75) is 36.0 Å². The summed E-state index contributed by atoms with van der Waals surface area (Å²) < 4.78 is 27.8. The molecule has 2 rings (SSSR count). The maximum absolute atomic E-state index is 11.8. The SMILES string of the molecule is O=C(NCCc1ccc(S(=O)(=O)Cl)s1)C1CCCCO1. The molecule has 0 aliphatic carbocycles. The van der Waals surface area contributed by atoms with E-state index in [2.05, 4.69) is 5.32 Å². The predicted molar refractivity (Wildman–Crippen MR) is 77.7 cm³/mol. The number of nitrogens with one attached hydrogen (secondary N) is 1. The van der Waals surface area contributed by atoms with Gasteiger partial charge in [-0.25, -0.2) is 8.42 Å². The largest absolute Gasteiger partial charge is 0.368 e. The topological polar surface area (TPSA) is 72.5 Å². The lowest BCUT2D eigenvalue weighted by Crippen LogP contribution is -2.39. The minimum absolute atomic E-state index is 0.0913. The van der Waals surface area contributed by atoms with E-state index in [1.54, 1.807) is 6.07 Å². The number of carbonyl (C=O) groups is 1. The fourth-order valence-corrected chi connectivity index (χ4v) is 4.12. The van der Waals surface area contributed by atoms with Crippen LogP contribution in [0.1, 0.15) is 24.1 Å². The second-order valence-electron chi connectivity index (χ2n) is 4.55. The summed E-state index contributed by atoms with van der Waals surface area (Å²) in [5.41, 5.74) is 0. The lowest BCUT2D eigenvalue weighted by atomic mass is 10.1. The van der Waals surface area contributed by atoms with Gasteiger partial charge in [-0.2, -0.15) is 0 Å². The number of halogens is 1. The highest BCUT2D eigenvalue weighted by Gasteiger charge is 2.21. The molecule has 1 N–H and O–H groups in total. The highest BCUT2D eigenvalue weighted by atomic mass is 35.7. The van der Waals surface area contributed by atoms with Gasteiger partial charge in [0.2, 0.25) is 5.91 Å². The van der Waals surface area contributed by atoms with Crippen LogP contribution in [0.4, 0.5) is 0 Å². The average molecular weight is 338 g/mol. The van der Waals surface area contributed by atoms with Crippen LogP contribution in [0.25, 0.3) is 0 Å². The Morgan fingerprint density at radius 3 is 2.85 bits per heavy atom. The smallest absolute Gasteiger partial charge is 0.270 e. The molecular weight excluding hydrogens is 322 g/mol. The third kappa shape index (κ3) is 4.44. The fraction of sp³-hybridized carbons (Fsp3) is 0.583. The Balaban J connectivity index is 1.78. The van der Waals surface area contributed by atoms with Gasteiger partial charge in [0.05, 0.1) is 0 Å². The van der Waals surface area contributed by atoms with Gasteiger partial charge in [-0.05, 0) is 37.8 Å². The molecule has 20 heavy (non-hydrogen) atoms. The van der Waals surface area contributed by atoms with Crippen LogP contribution in [-0.2, 0) is 25.0 Å².